The van der Waals surface area contributed by atoms with Crippen LogP contribution in [0.5, 0.6) is 0 Å². The molecule has 14 nitrogen and oxygen atoms in total. The standard InChI is InChI=1S/C77H135NO13/c1-3-5-7-9-11-13-15-17-19-21-23-25-27-28-29-30-31-32-33-34-35-36-37-38-39-41-43-45-47-49-51-53-55-57-59-61-69(82)78-65(64-88-76-74(87)72(85)75(68(63-80)90-76)91-77-73(86)71(84)70(83)67(62-79)89-77)66(81)60-58-56-54-52-50-48-46-44-42-40-26-24-22-20-18-16-14-12-10-8-6-4-2/h5,7,11,13,17,19,23,25,28-29,31-32,34-35,37-38,65-68,70-77,79-81,83-87H,3-4,6,8-10,12,14-16,18,20-22,24,26-27,30,33,36,39-64H2,1-2H3,(H,78,82)/b7-5-,13-11-,19-17-,25-23-,29-28-,32-31-,35-34-,38-37-. The van der Waals surface area contributed by atoms with Crippen LogP contribution in [0.3, 0.4) is 0 Å². The topological polar surface area (TPSA) is 228 Å². The predicted octanol–water partition coefficient (Wildman–Crippen LogP) is 15.7. The van der Waals surface area contributed by atoms with Gasteiger partial charge in [0.15, 0.2) is 12.6 Å². The summed E-state index contributed by atoms with van der Waals surface area (Å²) < 4.78 is 22.9. The normalized spacial score (nSPS) is 23.4. The molecule has 2 aliphatic heterocycles. The number of aliphatic hydroxyl groups excluding tert-OH is 8. The average molecular weight is 1280 g/mol. The molecule has 2 rings (SSSR count). The van der Waals surface area contributed by atoms with Gasteiger partial charge in [-0.3, -0.25) is 4.79 Å². The van der Waals surface area contributed by atoms with Crippen LogP contribution in [-0.2, 0) is 23.7 Å². The van der Waals surface area contributed by atoms with E-state index in [2.05, 4.69) is 116 Å². The van der Waals surface area contributed by atoms with E-state index in [0.29, 0.717) is 19.3 Å². The van der Waals surface area contributed by atoms with Gasteiger partial charge < -0.3 is 65.1 Å². The lowest BCUT2D eigenvalue weighted by atomic mass is 9.97. The minimum Gasteiger partial charge on any atom is -0.394 e. The number of carbonyl (C=O) groups excluding carboxylic acids is 1. The Balaban J connectivity index is 1.65. The van der Waals surface area contributed by atoms with Crippen molar-refractivity contribution in [1.82, 2.24) is 5.32 Å². The number of carbonyl (C=O) groups is 1. The predicted molar refractivity (Wildman–Crippen MR) is 373 cm³/mol. The first kappa shape index (κ1) is 84.0. The zero-order valence-corrected chi connectivity index (χ0v) is 57.3. The van der Waals surface area contributed by atoms with Crippen LogP contribution in [0.4, 0.5) is 0 Å². The molecule has 91 heavy (non-hydrogen) atoms. The Morgan fingerprint density at radius 3 is 1.16 bits per heavy atom. The Kier molecular flexibility index (Phi) is 55.9. The molecule has 9 N–H and O–H groups in total. The number of allylic oxidation sites excluding steroid dienone is 16. The number of hydrogen-bond donors (Lipinski definition) is 9. The van der Waals surface area contributed by atoms with E-state index in [0.717, 1.165) is 103 Å². The highest BCUT2D eigenvalue weighted by Crippen LogP contribution is 2.30. The average Bonchev–Trinajstić information content (AvgIpc) is 0.888. The second-order valence-corrected chi connectivity index (χ2v) is 25.7. The van der Waals surface area contributed by atoms with Gasteiger partial charge in [-0.2, -0.15) is 0 Å². The van der Waals surface area contributed by atoms with Crippen molar-refractivity contribution >= 4 is 5.91 Å². The van der Waals surface area contributed by atoms with E-state index < -0.39 is 86.8 Å². The highest BCUT2D eigenvalue weighted by Gasteiger charge is 2.51. The second kappa shape index (κ2) is 60.6. The van der Waals surface area contributed by atoms with Crippen molar-refractivity contribution in [3.8, 4) is 0 Å². The summed E-state index contributed by atoms with van der Waals surface area (Å²) in [6.45, 7) is 2.77. The van der Waals surface area contributed by atoms with Crippen LogP contribution in [0.25, 0.3) is 0 Å². The lowest BCUT2D eigenvalue weighted by Gasteiger charge is -2.46. The first-order valence-electron chi connectivity index (χ1n) is 37.0. The molecule has 12 unspecified atom stereocenters. The molecule has 2 heterocycles. The molecule has 0 aromatic heterocycles. The fourth-order valence-electron chi connectivity index (χ4n) is 11.7. The van der Waals surface area contributed by atoms with Gasteiger partial charge >= 0.3 is 0 Å². The minimum atomic E-state index is -1.79. The van der Waals surface area contributed by atoms with Crippen molar-refractivity contribution in [3.63, 3.8) is 0 Å². The third kappa shape index (κ3) is 44.3. The molecule has 2 fully saturated rings. The highest BCUT2D eigenvalue weighted by molar-refractivity contribution is 5.76. The van der Waals surface area contributed by atoms with E-state index in [9.17, 15) is 45.6 Å². The van der Waals surface area contributed by atoms with E-state index in [4.69, 9.17) is 18.9 Å². The van der Waals surface area contributed by atoms with Gasteiger partial charge in [-0.15, -0.1) is 0 Å². The molecule has 526 valence electrons. The fourth-order valence-corrected chi connectivity index (χ4v) is 11.7. The highest BCUT2D eigenvalue weighted by atomic mass is 16.7. The zero-order chi connectivity index (χ0) is 65.9. The summed E-state index contributed by atoms with van der Waals surface area (Å²) in [5.74, 6) is -0.212. The minimum absolute atomic E-state index is 0.212. The van der Waals surface area contributed by atoms with Crippen LogP contribution >= 0.6 is 0 Å². The van der Waals surface area contributed by atoms with Crippen molar-refractivity contribution in [2.45, 2.75) is 364 Å². The Morgan fingerprint density at radius 1 is 0.407 bits per heavy atom. The Morgan fingerprint density at radius 2 is 0.758 bits per heavy atom. The van der Waals surface area contributed by atoms with Crippen LogP contribution in [0, 0.1) is 0 Å². The van der Waals surface area contributed by atoms with Crippen molar-refractivity contribution in [1.29, 1.82) is 0 Å². The summed E-state index contributed by atoms with van der Waals surface area (Å²) >= 11 is 0. The number of rotatable bonds is 60. The van der Waals surface area contributed by atoms with Crippen molar-refractivity contribution in [2.24, 2.45) is 0 Å². The molecule has 0 aromatic rings. The molecule has 0 spiro atoms. The Hall–Kier alpha value is -3.09. The van der Waals surface area contributed by atoms with Gasteiger partial charge in [0.25, 0.3) is 0 Å². The first-order valence-corrected chi connectivity index (χ1v) is 37.0. The van der Waals surface area contributed by atoms with Crippen molar-refractivity contribution < 1.29 is 64.6 Å². The maximum atomic E-state index is 13.4. The summed E-state index contributed by atoms with van der Waals surface area (Å²) in [4.78, 5) is 13.4. The van der Waals surface area contributed by atoms with Gasteiger partial charge in [0.1, 0.15) is 48.8 Å². The molecular weight excluding hydrogens is 1150 g/mol. The molecular formula is C77H135NO13. The molecule has 12 atom stereocenters. The van der Waals surface area contributed by atoms with E-state index >= 15 is 0 Å². The number of aliphatic hydroxyl groups is 8. The molecule has 2 saturated heterocycles. The molecule has 0 aliphatic carbocycles. The van der Waals surface area contributed by atoms with Crippen LogP contribution in [0.2, 0.25) is 0 Å². The number of ether oxygens (including phenoxy) is 4. The number of nitrogens with one attached hydrogen (secondary N) is 1. The van der Waals surface area contributed by atoms with Crippen LogP contribution in [0.15, 0.2) is 97.2 Å². The van der Waals surface area contributed by atoms with Gasteiger partial charge in [-0.05, 0) is 77.0 Å². The molecule has 0 bridgehead atoms. The summed E-state index contributed by atoms with van der Waals surface area (Å²) in [5.41, 5.74) is 0. The molecule has 0 aromatic carbocycles. The smallest absolute Gasteiger partial charge is 0.220 e. The maximum absolute atomic E-state index is 13.4. The molecule has 0 radical (unpaired) electrons. The number of hydrogen-bond acceptors (Lipinski definition) is 13. The Bertz CT molecular complexity index is 1900. The van der Waals surface area contributed by atoms with Gasteiger partial charge in [0.05, 0.1) is 32.0 Å². The third-order valence-corrected chi connectivity index (χ3v) is 17.6. The number of amides is 1. The van der Waals surface area contributed by atoms with Crippen LogP contribution in [0.1, 0.15) is 290 Å². The van der Waals surface area contributed by atoms with Crippen molar-refractivity contribution in [2.75, 3.05) is 19.8 Å². The zero-order valence-electron chi connectivity index (χ0n) is 57.3. The van der Waals surface area contributed by atoms with E-state index in [1.807, 2.05) is 0 Å². The lowest BCUT2D eigenvalue weighted by Crippen LogP contribution is -2.65. The lowest BCUT2D eigenvalue weighted by molar-refractivity contribution is -0.359. The van der Waals surface area contributed by atoms with Crippen LogP contribution < -0.4 is 5.32 Å². The van der Waals surface area contributed by atoms with E-state index in [-0.39, 0.29) is 12.5 Å². The molecule has 14 heteroatoms. The van der Waals surface area contributed by atoms with Crippen LogP contribution in [-0.4, -0.2) is 140 Å². The first-order chi connectivity index (χ1) is 44.6. The largest absolute Gasteiger partial charge is 0.394 e. The van der Waals surface area contributed by atoms with Gasteiger partial charge in [0, 0.05) is 6.42 Å². The number of unbranched alkanes of at least 4 members (excludes halogenated alkanes) is 31. The SMILES string of the molecule is CC/C=C\C/C=C\C/C=C\C/C=C\C/C=C\C/C=C\C/C=C\C/C=C\CCCCCCCCCCCCC(=O)NC(COC1OC(CO)C(OC2OC(CO)C(O)C(O)C2O)C(O)C1O)C(O)CCCCCCCCCCCCCCCCCCCCCCCC. The summed E-state index contributed by atoms with van der Waals surface area (Å²) in [7, 11) is 0. The summed E-state index contributed by atoms with van der Waals surface area (Å²) in [5, 5.41) is 87.7. The fraction of sp³-hybridized carbons (Fsp3) is 0.779. The van der Waals surface area contributed by atoms with Gasteiger partial charge in [-0.25, -0.2) is 0 Å². The summed E-state index contributed by atoms with van der Waals surface area (Å²) in [6.07, 6.45) is 68.4. The second-order valence-electron chi connectivity index (χ2n) is 25.7. The van der Waals surface area contributed by atoms with E-state index in [1.165, 1.54) is 154 Å². The quantitative estimate of drug-likeness (QED) is 0.0204. The monoisotopic (exact) mass is 1280 g/mol. The molecule has 1 amide bonds. The Labute approximate surface area is 553 Å². The molecule has 2 aliphatic rings. The summed E-state index contributed by atoms with van der Waals surface area (Å²) in [6, 6.07) is -0.839. The molecule has 0 saturated carbocycles. The van der Waals surface area contributed by atoms with Gasteiger partial charge in [-0.1, -0.05) is 304 Å². The maximum Gasteiger partial charge on any atom is 0.220 e. The van der Waals surface area contributed by atoms with Gasteiger partial charge in [0.2, 0.25) is 5.91 Å². The van der Waals surface area contributed by atoms with E-state index in [1.54, 1.807) is 0 Å². The van der Waals surface area contributed by atoms with Crippen molar-refractivity contribution in [3.05, 3.63) is 97.2 Å². The third-order valence-electron chi connectivity index (χ3n) is 17.6.